The Morgan fingerprint density at radius 1 is 1.00 bits per heavy atom. The number of rotatable bonds is 2. The van der Waals surface area contributed by atoms with E-state index >= 15 is 0 Å². The summed E-state index contributed by atoms with van der Waals surface area (Å²) >= 11 is 0. The quantitative estimate of drug-likeness (QED) is 0.247. The van der Waals surface area contributed by atoms with Crippen molar-refractivity contribution in [3.05, 3.63) is 0 Å². The zero-order chi connectivity index (χ0) is 12.7. The van der Waals surface area contributed by atoms with Crippen LogP contribution in [-0.2, 0) is 9.30 Å². The minimum absolute atomic E-state index is 1.82. The molecule has 0 aromatic rings. The van der Waals surface area contributed by atoms with E-state index in [0.29, 0.717) is 0 Å². The second-order valence-electron chi connectivity index (χ2n) is 3.47. The molecule has 4 unspecified atom stereocenters. The first-order valence-electron chi connectivity index (χ1n) is 4.27. The van der Waals surface area contributed by atoms with Gasteiger partial charge in [0, 0.05) is 0 Å². The highest BCUT2D eigenvalue weighted by Crippen LogP contribution is 2.44. The van der Waals surface area contributed by atoms with E-state index in [-0.39, 0.29) is 0 Å². The van der Waals surface area contributed by atoms with Crippen molar-refractivity contribution in [2.75, 3.05) is 0 Å². The van der Waals surface area contributed by atoms with E-state index in [1.165, 1.54) is 0 Å². The van der Waals surface area contributed by atoms with Crippen LogP contribution in [0.25, 0.3) is 0 Å². The highest BCUT2D eigenvalue weighted by molar-refractivity contribution is 7.52. The Hall–Kier alpha value is -0.0900. The second kappa shape index (κ2) is 4.65. The fourth-order valence-corrected chi connectivity index (χ4v) is 1.95. The van der Waals surface area contributed by atoms with Crippen LogP contribution in [0.1, 0.15) is 0 Å². The van der Waals surface area contributed by atoms with Crippen molar-refractivity contribution in [3.63, 3.8) is 0 Å². The van der Waals surface area contributed by atoms with Crippen LogP contribution in [0.2, 0.25) is 0 Å². The third-order valence-corrected chi connectivity index (χ3v) is 3.25. The molecule has 1 aliphatic heterocycles. The Bertz CT molecular complexity index is 290. The third-order valence-electron chi connectivity index (χ3n) is 2.26. The minimum Gasteiger partial charge on any atom is -0.387 e. The average Bonchev–Trinajstić information content (AvgIpc) is 2.18. The fourth-order valence-electron chi connectivity index (χ4n) is 1.33. The molecule has 1 fully saturated rings. The molecular formula is C6H13O9P. The molecule has 16 heavy (non-hydrogen) atoms. The lowest BCUT2D eigenvalue weighted by molar-refractivity contribution is -0.291. The van der Waals surface area contributed by atoms with Gasteiger partial charge in [0.1, 0.15) is 24.4 Å². The zero-order valence-corrected chi connectivity index (χ0v) is 8.75. The van der Waals surface area contributed by atoms with E-state index < -0.39 is 44.1 Å². The smallest absolute Gasteiger partial charge is 0.356 e. The Labute approximate surface area is 89.7 Å². The lowest BCUT2D eigenvalue weighted by atomic mass is 9.99. The first-order valence-corrected chi connectivity index (χ1v) is 5.95. The number of aliphatic hydroxyl groups excluding tert-OH is 5. The van der Waals surface area contributed by atoms with E-state index in [1.54, 1.807) is 0 Å². The van der Waals surface area contributed by atoms with E-state index in [0.717, 1.165) is 0 Å². The predicted octanol–water partition coefficient (Wildman–Crippen LogP) is -3.72. The lowest BCUT2D eigenvalue weighted by Crippen LogP contribution is -2.60. The van der Waals surface area contributed by atoms with Crippen molar-refractivity contribution in [1.82, 2.24) is 0 Å². The summed E-state index contributed by atoms with van der Waals surface area (Å²) in [6.45, 7) is 0. The van der Waals surface area contributed by atoms with Crippen molar-refractivity contribution in [2.45, 2.75) is 36.6 Å². The van der Waals surface area contributed by atoms with Crippen molar-refractivity contribution in [1.29, 1.82) is 0 Å². The van der Waals surface area contributed by atoms with Crippen LogP contribution in [0, 0.1) is 0 Å². The summed E-state index contributed by atoms with van der Waals surface area (Å²) in [6, 6.07) is 0. The van der Waals surface area contributed by atoms with Gasteiger partial charge < -0.3 is 40.1 Å². The molecular weight excluding hydrogens is 247 g/mol. The summed E-state index contributed by atoms with van der Waals surface area (Å²) in [5.41, 5.74) is 0. The van der Waals surface area contributed by atoms with Crippen molar-refractivity contribution >= 4 is 7.60 Å². The molecule has 7 N–H and O–H groups in total. The third kappa shape index (κ3) is 2.59. The van der Waals surface area contributed by atoms with Gasteiger partial charge in [0.05, 0.1) is 0 Å². The number of aliphatic hydroxyl groups is 5. The molecule has 1 rings (SSSR count). The molecule has 1 aliphatic rings. The molecule has 1 heterocycles. The lowest BCUT2D eigenvalue weighted by Gasteiger charge is -2.39. The van der Waals surface area contributed by atoms with Crippen molar-refractivity contribution < 1.29 is 44.6 Å². The fraction of sp³-hybridized carbons (Fsp3) is 1.00. The summed E-state index contributed by atoms with van der Waals surface area (Å²) < 4.78 is 15.1. The Balaban J connectivity index is 2.86. The van der Waals surface area contributed by atoms with Crippen LogP contribution in [0.4, 0.5) is 0 Å². The van der Waals surface area contributed by atoms with Crippen LogP contribution >= 0.6 is 7.60 Å². The van der Waals surface area contributed by atoms with Gasteiger partial charge in [0.15, 0.2) is 12.1 Å². The standard InChI is InChI=1S/C6H13O9P/c7-1-2(8)4(6(11)16(12,13)14)15-5(10)3(1)9/h1-11H,(H2,12,13,14)/t1-,2+,3?,4?,5?,6?/m1/s1. The Morgan fingerprint density at radius 2 is 1.50 bits per heavy atom. The molecule has 0 saturated carbocycles. The van der Waals surface area contributed by atoms with Crippen LogP contribution in [0.3, 0.4) is 0 Å². The van der Waals surface area contributed by atoms with Crippen LogP contribution in [-0.4, -0.2) is 71.9 Å². The van der Waals surface area contributed by atoms with Gasteiger partial charge in [-0.3, -0.25) is 4.57 Å². The maximum absolute atomic E-state index is 10.7. The molecule has 0 amide bonds. The molecule has 0 aromatic carbocycles. The maximum Gasteiger partial charge on any atom is 0.356 e. The molecule has 0 aromatic heterocycles. The van der Waals surface area contributed by atoms with Gasteiger partial charge in [-0.25, -0.2) is 0 Å². The van der Waals surface area contributed by atoms with E-state index in [2.05, 4.69) is 4.74 Å². The molecule has 0 spiro atoms. The summed E-state index contributed by atoms with van der Waals surface area (Å²) in [6.07, 6.45) is -9.48. The Kier molecular flexibility index (Phi) is 4.06. The van der Waals surface area contributed by atoms with Crippen molar-refractivity contribution in [2.24, 2.45) is 0 Å². The summed E-state index contributed by atoms with van der Waals surface area (Å²) in [4.78, 5) is 17.3. The van der Waals surface area contributed by atoms with Crippen molar-refractivity contribution in [3.8, 4) is 0 Å². The molecule has 1 saturated heterocycles. The summed E-state index contributed by atoms with van der Waals surface area (Å²) in [7, 11) is -4.97. The number of hydrogen-bond acceptors (Lipinski definition) is 7. The SMILES string of the molecule is O=P(O)(O)C(O)C1OC(O)C(O)[C@H](O)[C@@H]1O. The van der Waals surface area contributed by atoms with Crippen LogP contribution in [0.5, 0.6) is 0 Å². The average molecular weight is 260 g/mol. The molecule has 0 bridgehead atoms. The topological polar surface area (TPSA) is 168 Å². The van der Waals surface area contributed by atoms with Gasteiger partial charge in [-0.2, -0.15) is 0 Å². The van der Waals surface area contributed by atoms with E-state index in [9.17, 15) is 14.8 Å². The molecule has 10 heteroatoms. The van der Waals surface area contributed by atoms with Gasteiger partial charge in [-0.05, 0) is 0 Å². The van der Waals surface area contributed by atoms with Gasteiger partial charge in [0.2, 0.25) is 0 Å². The van der Waals surface area contributed by atoms with E-state index in [1.807, 2.05) is 0 Å². The molecule has 9 nitrogen and oxygen atoms in total. The molecule has 0 aliphatic carbocycles. The highest BCUT2D eigenvalue weighted by atomic mass is 31.2. The van der Waals surface area contributed by atoms with Gasteiger partial charge >= 0.3 is 7.60 Å². The maximum atomic E-state index is 10.7. The van der Waals surface area contributed by atoms with Gasteiger partial charge in [0.25, 0.3) is 0 Å². The minimum atomic E-state index is -4.97. The molecule has 6 atom stereocenters. The zero-order valence-electron chi connectivity index (χ0n) is 7.86. The van der Waals surface area contributed by atoms with Crippen LogP contribution in [0.15, 0.2) is 0 Å². The van der Waals surface area contributed by atoms with Crippen LogP contribution < -0.4 is 0 Å². The number of ether oxygens (including phenoxy) is 1. The summed E-state index contributed by atoms with van der Waals surface area (Å²) in [5.74, 6) is -2.40. The summed E-state index contributed by atoms with van der Waals surface area (Å²) in [5, 5.41) is 45.8. The predicted molar refractivity (Wildman–Crippen MR) is 47.0 cm³/mol. The largest absolute Gasteiger partial charge is 0.387 e. The molecule has 96 valence electrons. The first-order chi connectivity index (χ1) is 7.16. The Morgan fingerprint density at radius 3 is 1.94 bits per heavy atom. The van der Waals surface area contributed by atoms with Gasteiger partial charge in [-0.15, -0.1) is 0 Å². The second-order valence-corrected chi connectivity index (χ2v) is 5.17. The van der Waals surface area contributed by atoms with Gasteiger partial charge in [-0.1, -0.05) is 0 Å². The van der Waals surface area contributed by atoms with E-state index in [4.69, 9.17) is 25.1 Å². The normalized spacial score (nSPS) is 43.1. The monoisotopic (exact) mass is 260 g/mol. The highest BCUT2D eigenvalue weighted by Gasteiger charge is 2.50. The number of hydrogen-bond donors (Lipinski definition) is 7. The molecule has 0 radical (unpaired) electrons. The first kappa shape index (κ1) is 14.0.